The molecule has 0 fully saturated rings. The summed E-state index contributed by atoms with van der Waals surface area (Å²) >= 11 is 1.28. The van der Waals surface area contributed by atoms with E-state index in [9.17, 15) is 4.79 Å². The Balaban J connectivity index is 1.49. The van der Waals surface area contributed by atoms with E-state index in [1.54, 1.807) is 7.11 Å². The fourth-order valence-electron chi connectivity index (χ4n) is 3.35. The highest BCUT2D eigenvalue weighted by Crippen LogP contribution is 2.32. The predicted octanol–water partition coefficient (Wildman–Crippen LogP) is 4.60. The Morgan fingerprint density at radius 3 is 2.81 bits per heavy atom. The fourth-order valence-corrected chi connectivity index (χ4v) is 4.11. The van der Waals surface area contributed by atoms with Crippen molar-refractivity contribution in [2.24, 2.45) is 0 Å². The Hall–Kier alpha value is -2.60. The lowest BCUT2D eigenvalue weighted by molar-refractivity contribution is 0.0993. The van der Waals surface area contributed by atoms with Gasteiger partial charge in [0.25, 0.3) is 11.1 Å². The van der Waals surface area contributed by atoms with E-state index in [1.807, 2.05) is 43.3 Å². The van der Waals surface area contributed by atoms with Crippen LogP contribution < -0.4 is 4.74 Å². The molecular formula is C21H20N2O3S. The minimum absolute atomic E-state index is 0.0757. The summed E-state index contributed by atoms with van der Waals surface area (Å²) in [4.78, 5) is 12.8. The number of fused-ring (bicyclic) bond motifs is 1. The van der Waals surface area contributed by atoms with E-state index in [-0.39, 0.29) is 11.0 Å². The number of aromatic nitrogens is 2. The first-order valence-electron chi connectivity index (χ1n) is 8.95. The number of thioether (sulfide) groups is 1. The summed E-state index contributed by atoms with van der Waals surface area (Å²) in [5.41, 5.74) is 4.15. The van der Waals surface area contributed by atoms with Crippen LogP contribution in [-0.2, 0) is 12.8 Å². The number of rotatable bonds is 6. The molecule has 0 spiro atoms. The second kappa shape index (κ2) is 7.56. The number of carbonyl (C=O) groups excluding carboxylic acids is 1. The minimum atomic E-state index is -0.310. The van der Waals surface area contributed by atoms with Gasteiger partial charge in [-0.1, -0.05) is 36.0 Å². The summed E-state index contributed by atoms with van der Waals surface area (Å²) in [7, 11) is 1.60. The molecule has 4 rings (SSSR count). The van der Waals surface area contributed by atoms with E-state index in [1.165, 1.54) is 29.3 Å². The molecule has 1 atom stereocenters. The van der Waals surface area contributed by atoms with Gasteiger partial charge in [0.05, 0.1) is 17.9 Å². The number of aryl methyl sites for hydroxylation is 2. The molecule has 138 valence electrons. The van der Waals surface area contributed by atoms with Gasteiger partial charge in [-0.25, -0.2) is 0 Å². The maximum absolute atomic E-state index is 12.8. The average molecular weight is 380 g/mol. The standard InChI is InChI=1S/C21H20N2O3S/c1-13(19(24)16-11-10-14-6-5-7-15(14)12-16)27-21-23-22-20(26-21)17-8-3-4-9-18(17)25-2/h3-4,8-13H,5-7H2,1-2H3. The maximum atomic E-state index is 12.8. The molecule has 3 aromatic rings. The zero-order valence-electron chi connectivity index (χ0n) is 15.3. The van der Waals surface area contributed by atoms with E-state index < -0.39 is 0 Å². The Labute approximate surface area is 162 Å². The number of hydrogen-bond acceptors (Lipinski definition) is 6. The number of para-hydroxylation sites is 1. The quantitative estimate of drug-likeness (QED) is 0.460. The third-order valence-corrected chi connectivity index (χ3v) is 5.71. The normalized spacial score (nSPS) is 14.0. The van der Waals surface area contributed by atoms with Gasteiger partial charge in [0, 0.05) is 5.56 Å². The third-order valence-electron chi connectivity index (χ3n) is 4.77. The molecule has 0 radical (unpaired) electrons. The molecule has 0 saturated carbocycles. The van der Waals surface area contributed by atoms with E-state index in [4.69, 9.17) is 9.15 Å². The van der Waals surface area contributed by atoms with Crippen molar-refractivity contribution in [3.63, 3.8) is 0 Å². The highest BCUT2D eigenvalue weighted by atomic mass is 32.2. The summed E-state index contributed by atoms with van der Waals surface area (Å²) in [5, 5.41) is 8.24. The molecule has 1 aliphatic rings. The van der Waals surface area contributed by atoms with Crippen LogP contribution in [0, 0.1) is 0 Å². The van der Waals surface area contributed by atoms with Crippen LogP contribution in [0.5, 0.6) is 5.75 Å². The molecule has 27 heavy (non-hydrogen) atoms. The number of benzene rings is 2. The molecule has 2 aromatic carbocycles. The Morgan fingerprint density at radius 1 is 1.15 bits per heavy atom. The first-order valence-corrected chi connectivity index (χ1v) is 9.83. The minimum Gasteiger partial charge on any atom is -0.496 e. The van der Waals surface area contributed by atoms with Crippen LogP contribution in [0.4, 0.5) is 0 Å². The zero-order chi connectivity index (χ0) is 18.8. The first-order chi connectivity index (χ1) is 13.2. The molecule has 0 aliphatic heterocycles. The molecule has 1 unspecified atom stereocenters. The molecule has 0 saturated heterocycles. The van der Waals surface area contributed by atoms with Gasteiger partial charge in [-0.05, 0) is 55.5 Å². The van der Waals surface area contributed by atoms with Crippen molar-refractivity contribution in [3.8, 4) is 17.2 Å². The van der Waals surface area contributed by atoms with Gasteiger partial charge < -0.3 is 9.15 Å². The molecule has 0 amide bonds. The van der Waals surface area contributed by atoms with Crippen molar-refractivity contribution >= 4 is 17.5 Å². The SMILES string of the molecule is COc1ccccc1-c1nnc(SC(C)C(=O)c2ccc3c(c2)CCC3)o1. The topological polar surface area (TPSA) is 65.2 Å². The van der Waals surface area contributed by atoms with Gasteiger partial charge >= 0.3 is 0 Å². The summed E-state index contributed by atoms with van der Waals surface area (Å²) in [6, 6.07) is 13.5. The molecule has 1 aromatic heterocycles. The number of carbonyl (C=O) groups is 1. The molecule has 0 bridgehead atoms. The van der Waals surface area contributed by atoms with Crippen molar-refractivity contribution < 1.29 is 13.9 Å². The number of hydrogen-bond donors (Lipinski definition) is 0. The number of ketones is 1. The third kappa shape index (κ3) is 3.62. The fraction of sp³-hybridized carbons (Fsp3) is 0.286. The molecule has 6 heteroatoms. The number of Topliss-reactive ketones (excluding diaryl/α,β-unsaturated/α-hetero) is 1. The van der Waals surface area contributed by atoms with E-state index in [2.05, 4.69) is 16.3 Å². The van der Waals surface area contributed by atoms with Crippen LogP contribution in [0.25, 0.3) is 11.5 Å². The second-order valence-corrected chi connectivity index (χ2v) is 7.83. The van der Waals surface area contributed by atoms with Crippen LogP contribution in [0.2, 0.25) is 0 Å². The van der Waals surface area contributed by atoms with Crippen molar-refractivity contribution in [1.82, 2.24) is 10.2 Å². The molecule has 1 aliphatic carbocycles. The number of nitrogens with zero attached hydrogens (tertiary/aromatic N) is 2. The Bertz CT molecular complexity index is 983. The number of ether oxygens (including phenoxy) is 1. The van der Waals surface area contributed by atoms with E-state index >= 15 is 0 Å². The zero-order valence-corrected chi connectivity index (χ0v) is 16.1. The average Bonchev–Trinajstić information content (AvgIpc) is 3.35. The van der Waals surface area contributed by atoms with Crippen molar-refractivity contribution in [2.75, 3.05) is 7.11 Å². The van der Waals surface area contributed by atoms with Crippen LogP contribution in [0.15, 0.2) is 52.1 Å². The smallest absolute Gasteiger partial charge is 0.277 e. The highest BCUT2D eigenvalue weighted by molar-refractivity contribution is 8.00. The van der Waals surface area contributed by atoms with Crippen molar-refractivity contribution in [2.45, 2.75) is 36.7 Å². The molecule has 5 nitrogen and oxygen atoms in total. The van der Waals surface area contributed by atoms with Gasteiger partial charge in [-0.15, -0.1) is 10.2 Å². The highest BCUT2D eigenvalue weighted by Gasteiger charge is 2.22. The van der Waals surface area contributed by atoms with Gasteiger partial charge in [0.1, 0.15) is 5.75 Å². The lowest BCUT2D eigenvalue weighted by Crippen LogP contribution is -2.13. The van der Waals surface area contributed by atoms with Gasteiger partial charge in [0.15, 0.2) is 5.78 Å². The first kappa shape index (κ1) is 17.8. The van der Waals surface area contributed by atoms with Gasteiger partial charge in [-0.3, -0.25) is 4.79 Å². The van der Waals surface area contributed by atoms with Crippen LogP contribution in [0.3, 0.4) is 0 Å². The van der Waals surface area contributed by atoms with Gasteiger partial charge in [-0.2, -0.15) is 0 Å². The summed E-state index contributed by atoms with van der Waals surface area (Å²) in [6.07, 6.45) is 3.34. The van der Waals surface area contributed by atoms with Crippen molar-refractivity contribution in [1.29, 1.82) is 0 Å². The van der Waals surface area contributed by atoms with Gasteiger partial charge in [0.2, 0.25) is 0 Å². The lowest BCUT2D eigenvalue weighted by atomic mass is 10.0. The summed E-state index contributed by atoms with van der Waals surface area (Å²) in [6.45, 7) is 1.87. The van der Waals surface area contributed by atoms with Crippen molar-refractivity contribution in [3.05, 3.63) is 59.2 Å². The molecule has 0 N–H and O–H groups in total. The summed E-state index contributed by atoms with van der Waals surface area (Å²) in [5.74, 6) is 1.12. The van der Waals surface area contributed by atoms with Crippen LogP contribution >= 0.6 is 11.8 Å². The second-order valence-electron chi connectivity index (χ2n) is 6.53. The van der Waals surface area contributed by atoms with E-state index in [0.717, 1.165) is 24.0 Å². The molecule has 1 heterocycles. The largest absolute Gasteiger partial charge is 0.496 e. The monoisotopic (exact) mass is 380 g/mol. The van der Waals surface area contributed by atoms with Crippen LogP contribution in [0.1, 0.15) is 34.8 Å². The Kier molecular flexibility index (Phi) is 4.99. The molecular weight excluding hydrogens is 360 g/mol. The lowest BCUT2D eigenvalue weighted by Gasteiger charge is -2.09. The summed E-state index contributed by atoms with van der Waals surface area (Å²) < 4.78 is 11.1. The van der Waals surface area contributed by atoms with Crippen LogP contribution in [-0.4, -0.2) is 28.3 Å². The van der Waals surface area contributed by atoms with E-state index in [0.29, 0.717) is 16.9 Å². The predicted molar refractivity (Wildman–Crippen MR) is 104 cm³/mol. The maximum Gasteiger partial charge on any atom is 0.277 e. The Morgan fingerprint density at radius 2 is 1.96 bits per heavy atom. The number of methoxy groups -OCH3 is 1.